The average molecular weight is 284 g/mol. The monoisotopic (exact) mass is 284 g/mol. The summed E-state index contributed by atoms with van der Waals surface area (Å²) >= 11 is 0. The van der Waals surface area contributed by atoms with Gasteiger partial charge in [0, 0.05) is 0 Å². The van der Waals surface area contributed by atoms with Crippen LogP contribution in [0, 0.1) is 0 Å². The first-order valence-electron chi connectivity index (χ1n) is 5.07. The minimum Gasteiger partial charge on any atom is -0.395 e. The summed E-state index contributed by atoms with van der Waals surface area (Å²) in [6, 6.07) is 2.45. The molecule has 0 saturated carbocycles. The summed E-state index contributed by atoms with van der Waals surface area (Å²) in [5.74, 6) is 0. The Morgan fingerprint density at radius 1 is 0.947 bits per heavy atom. The van der Waals surface area contributed by atoms with E-state index in [4.69, 9.17) is 5.11 Å². The van der Waals surface area contributed by atoms with E-state index in [0.717, 1.165) is 0 Å². The molecule has 7 heteroatoms. The van der Waals surface area contributed by atoms with Crippen LogP contribution in [0.25, 0.3) is 0 Å². The highest BCUT2D eigenvalue weighted by atomic mass is 19.4. The van der Waals surface area contributed by atoms with Crippen LogP contribution < -0.4 is 0 Å². The van der Waals surface area contributed by atoms with Gasteiger partial charge in [-0.1, -0.05) is 18.2 Å². The van der Waals surface area contributed by atoms with Crippen molar-refractivity contribution < 1.29 is 31.4 Å². The predicted octanol–water partition coefficient (Wildman–Crippen LogP) is 3.68. The third-order valence-electron chi connectivity index (χ3n) is 2.83. The number of rotatable bonds is 3. The SMILES string of the molecule is C=C[C@@](CO)(c1ccc(C(F)(F)F)cc1)C(F)(F)F. The fourth-order valence-electron chi connectivity index (χ4n) is 1.60. The van der Waals surface area contributed by atoms with Gasteiger partial charge in [0.25, 0.3) is 0 Å². The van der Waals surface area contributed by atoms with Crippen LogP contribution in [0.5, 0.6) is 0 Å². The largest absolute Gasteiger partial charge is 0.416 e. The fourth-order valence-corrected chi connectivity index (χ4v) is 1.60. The second-order valence-corrected chi connectivity index (χ2v) is 3.91. The lowest BCUT2D eigenvalue weighted by Gasteiger charge is -2.31. The minimum absolute atomic E-state index is 0.482. The molecule has 1 nitrogen and oxygen atoms in total. The molecule has 1 rings (SSSR count). The quantitative estimate of drug-likeness (QED) is 0.663. The van der Waals surface area contributed by atoms with Gasteiger partial charge in [0.05, 0.1) is 12.2 Å². The van der Waals surface area contributed by atoms with Gasteiger partial charge in [0.15, 0.2) is 0 Å². The Kier molecular flexibility index (Phi) is 4.00. The molecule has 0 aliphatic rings. The number of alkyl halides is 6. The van der Waals surface area contributed by atoms with E-state index in [2.05, 4.69) is 6.58 Å². The molecule has 0 fully saturated rings. The van der Waals surface area contributed by atoms with Gasteiger partial charge in [-0.2, -0.15) is 26.3 Å². The van der Waals surface area contributed by atoms with Crippen LogP contribution in [-0.2, 0) is 11.6 Å². The van der Waals surface area contributed by atoms with Crippen molar-refractivity contribution in [3.63, 3.8) is 0 Å². The molecule has 0 radical (unpaired) electrons. The molecule has 0 heterocycles. The lowest BCUT2D eigenvalue weighted by molar-refractivity contribution is -0.185. The summed E-state index contributed by atoms with van der Waals surface area (Å²) in [5, 5.41) is 8.98. The first kappa shape index (κ1) is 15.6. The Morgan fingerprint density at radius 3 is 1.63 bits per heavy atom. The van der Waals surface area contributed by atoms with Gasteiger partial charge in [0.1, 0.15) is 5.41 Å². The molecular weight excluding hydrogens is 274 g/mol. The van der Waals surface area contributed by atoms with E-state index in [9.17, 15) is 26.3 Å². The number of benzene rings is 1. The Hall–Kier alpha value is -1.50. The Balaban J connectivity index is 3.31. The molecule has 0 bridgehead atoms. The van der Waals surface area contributed by atoms with E-state index in [0.29, 0.717) is 30.3 Å². The molecule has 0 unspecified atom stereocenters. The van der Waals surface area contributed by atoms with Crippen LogP contribution in [0.3, 0.4) is 0 Å². The minimum atomic E-state index is -4.86. The molecule has 106 valence electrons. The molecule has 0 aliphatic carbocycles. The first-order chi connectivity index (χ1) is 8.58. The van der Waals surface area contributed by atoms with E-state index < -0.39 is 35.5 Å². The average Bonchev–Trinajstić information content (AvgIpc) is 2.29. The molecule has 1 aromatic carbocycles. The molecular formula is C12H10F6O. The van der Waals surface area contributed by atoms with Crippen molar-refractivity contribution in [1.29, 1.82) is 0 Å². The maximum absolute atomic E-state index is 12.9. The smallest absolute Gasteiger partial charge is 0.395 e. The zero-order valence-corrected chi connectivity index (χ0v) is 9.52. The van der Waals surface area contributed by atoms with Crippen molar-refractivity contribution in [2.24, 2.45) is 0 Å². The number of hydrogen-bond donors (Lipinski definition) is 1. The molecule has 0 saturated heterocycles. The van der Waals surface area contributed by atoms with Gasteiger partial charge in [-0.3, -0.25) is 0 Å². The molecule has 1 N–H and O–H groups in total. The third-order valence-corrected chi connectivity index (χ3v) is 2.83. The van der Waals surface area contributed by atoms with Crippen molar-refractivity contribution in [3.05, 3.63) is 48.0 Å². The molecule has 0 amide bonds. The number of halogens is 6. The molecule has 0 spiro atoms. The van der Waals surface area contributed by atoms with Crippen LogP contribution in [0.4, 0.5) is 26.3 Å². The Bertz CT molecular complexity index is 445. The van der Waals surface area contributed by atoms with Crippen LogP contribution in [0.2, 0.25) is 0 Å². The normalized spacial score (nSPS) is 15.9. The number of hydrogen-bond acceptors (Lipinski definition) is 1. The summed E-state index contributed by atoms with van der Waals surface area (Å²) in [7, 11) is 0. The fraction of sp³-hybridized carbons (Fsp3) is 0.333. The van der Waals surface area contributed by atoms with Gasteiger partial charge in [-0.25, -0.2) is 0 Å². The van der Waals surface area contributed by atoms with E-state index in [-0.39, 0.29) is 0 Å². The molecule has 0 aromatic heterocycles. The molecule has 19 heavy (non-hydrogen) atoms. The van der Waals surface area contributed by atoms with Gasteiger partial charge >= 0.3 is 12.4 Å². The van der Waals surface area contributed by atoms with Crippen molar-refractivity contribution in [1.82, 2.24) is 0 Å². The van der Waals surface area contributed by atoms with Crippen LogP contribution in [0.1, 0.15) is 11.1 Å². The predicted molar refractivity (Wildman–Crippen MR) is 56.5 cm³/mol. The zero-order valence-electron chi connectivity index (χ0n) is 9.52. The molecule has 1 atom stereocenters. The topological polar surface area (TPSA) is 20.2 Å². The van der Waals surface area contributed by atoms with E-state index >= 15 is 0 Å². The van der Waals surface area contributed by atoms with Gasteiger partial charge in [-0.15, -0.1) is 6.58 Å². The lowest BCUT2D eigenvalue weighted by atomic mass is 9.80. The number of aliphatic hydroxyl groups is 1. The van der Waals surface area contributed by atoms with Crippen molar-refractivity contribution in [3.8, 4) is 0 Å². The first-order valence-corrected chi connectivity index (χ1v) is 5.07. The summed E-state index contributed by atoms with van der Waals surface area (Å²) in [5.41, 5.74) is -4.32. The summed E-state index contributed by atoms with van der Waals surface area (Å²) in [6.07, 6.45) is -9.01. The van der Waals surface area contributed by atoms with Crippen LogP contribution >= 0.6 is 0 Å². The van der Waals surface area contributed by atoms with E-state index in [1.54, 1.807) is 0 Å². The summed E-state index contributed by atoms with van der Waals surface area (Å²) in [6.45, 7) is 1.69. The molecule has 0 aliphatic heterocycles. The standard InChI is InChI=1S/C12H10F6O/c1-2-10(7-19,12(16,17)18)8-3-5-9(6-4-8)11(13,14)15/h2-6,19H,1,7H2/t10-/m1/s1. The maximum atomic E-state index is 12.9. The molecule has 1 aromatic rings. The summed E-state index contributed by atoms with van der Waals surface area (Å²) in [4.78, 5) is 0. The third kappa shape index (κ3) is 2.75. The van der Waals surface area contributed by atoms with E-state index in [1.807, 2.05) is 0 Å². The maximum Gasteiger partial charge on any atom is 0.416 e. The summed E-state index contributed by atoms with van der Waals surface area (Å²) < 4.78 is 75.8. The van der Waals surface area contributed by atoms with Crippen LogP contribution in [0.15, 0.2) is 36.9 Å². The van der Waals surface area contributed by atoms with Gasteiger partial charge in [-0.05, 0) is 17.7 Å². The van der Waals surface area contributed by atoms with Crippen molar-refractivity contribution >= 4 is 0 Å². The lowest BCUT2D eigenvalue weighted by Crippen LogP contribution is -2.43. The van der Waals surface area contributed by atoms with E-state index in [1.165, 1.54) is 0 Å². The number of aliphatic hydroxyl groups excluding tert-OH is 1. The van der Waals surface area contributed by atoms with Crippen molar-refractivity contribution in [2.45, 2.75) is 17.8 Å². The highest BCUT2D eigenvalue weighted by molar-refractivity contribution is 5.36. The van der Waals surface area contributed by atoms with Gasteiger partial charge < -0.3 is 5.11 Å². The second-order valence-electron chi connectivity index (χ2n) is 3.91. The zero-order chi connectivity index (χ0) is 14.9. The van der Waals surface area contributed by atoms with Crippen LogP contribution in [-0.4, -0.2) is 17.9 Å². The van der Waals surface area contributed by atoms with Crippen molar-refractivity contribution in [2.75, 3.05) is 6.61 Å². The highest BCUT2D eigenvalue weighted by Crippen LogP contribution is 2.42. The Labute approximate surface area is 105 Å². The second kappa shape index (κ2) is 4.88. The highest BCUT2D eigenvalue weighted by Gasteiger charge is 2.53. The van der Waals surface area contributed by atoms with Gasteiger partial charge in [0.2, 0.25) is 0 Å². The Morgan fingerprint density at radius 2 is 1.37 bits per heavy atom.